The van der Waals surface area contributed by atoms with Crippen molar-refractivity contribution in [3.05, 3.63) is 29.8 Å². The SMILES string of the molecule is CC(C(=O)NC(N)=O)N1CCC(O)c2ccccc21. The van der Waals surface area contributed by atoms with E-state index in [1.54, 1.807) is 6.92 Å². The van der Waals surface area contributed by atoms with Gasteiger partial charge in [0.25, 0.3) is 0 Å². The van der Waals surface area contributed by atoms with Crippen molar-refractivity contribution in [2.75, 3.05) is 11.4 Å². The summed E-state index contributed by atoms with van der Waals surface area (Å²) in [6, 6.07) is 6.00. The minimum Gasteiger partial charge on any atom is -0.388 e. The molecular weight excluding hydrogens is 246 g/mol. The summed E-state index contributed by atoms with van der Waals surface area (Å²) in [5.74, 6) is -0.446. The molecule has 0 fully saturated rings. The first-order valence-corrected chi connectivity index (χ1v) is 6.14. The summed E-state index contributed by atoms with van der Waals surface area (Å²) in [7, 11) is 0. The molecule has 0 radical (unpaired) electrons. The summed E-state index contributed by atoms with van der Waals surface area (Å²) >= 11 is 0. The van der Waals surface area contributed by atoms with Gasteiger partial charge in [-0.3, -0.25) is 10.1 Å². The lowest BCUT2D eigenvalue weighted by molar-refractivity contribution is -0.121. The number of nitrogens with one attached hydrogen (secondary N) is 1. The molecule has 0 saturated heterocycles. The van der Waals surface area contributed by atoms with Gasteiger partial charge in [0.1, 0.15) is 6.04 Å². The summed E-state index contributed by atoms with van der Waals surface area (Å²) in [5.41, 5.74) is 6.56. The van der Waals surface area contributed by atoms with E-state index in [-0.39, 0.29) is 0 Å². The molecule has 4 N–H and O–H groups in total. The molecule has 0 aromatic heterocycles. The topological polar surface area (TPSA) is 95.7 Å². The molecule has 102 valence electrons. The molecule has 0 aliphatic carbocycles. The minimum atomic E-state index is -0.859. The Kier molecular flexibility index (Phi) is 3.71. The number of hydrogen-bond donors (Lipinski definition) is 3. The van der Waals surface area contributed by atoms with Crippen LogP contribution in [0.1, 0.15) is 25.0 Å². The van der Waals surface area contributed by atoms with Gasteiger partial charge in [0.2, 0.25) is 5.91 Å². The number of fused-ring (bicyclic) bond motifs is 1. The Morgan fingerprint density at radius 1 is 1.47 bits per heavy atom. The van der Waals surface area contributed by atoms with E-state index >= 15 is 0 Å². The molecule has 1 aliphatic rings. The van der Waals surface area contributed by atoms with Crippen LogP contribution in [0.5, 0.6) is 0 Å². The van der Waals surface area contributed by atoms with Gasteiger partial charge in [-0.25, -0.2) is 4.79 Å². The van der Waals surface area contributed by atoms with Crippen molar-refractivity contribution in [2.24, 2.45) is 5.73 Å². The van der Waals surface area contributed by atoms with Crippen molar-refractivity contribution in [1.82, 2.24) is 5.32 Å². The number of para-hydroxylation sites is 1. The van der Waals surface area contributed by atoms with Crippen molar-refractivity contribution in [1.29, 1.82) is 0 Å². The van der Waals surface area contributed by atoms with Crippen LogP contribution < -0.4 is 16.0 Å². The largest absolute Gasteiger partial charge is 0.388 e. The number of nitrogens with zero attached hydrogens (tertiary/aromatic N) is 1. The Morgan fingerprint density at radius 3 is 2.84 bits per heavy atom. The third kappa shape index (κ3) is 2.68. The number of carbonyl (C=O) groups excluding carboxylic acids is 2. The second-order valence-corrected chi connectivity index (χ2v) is 4.59. The van der Waals surface area contributed by atoms with Gasteiger partial charge in [0, 0.05) is 17.8 Å². The van der Waals surface area contributed by atoms with E-state index in [9.17, 15) is 14.7 Å². The zero-order valence-corrected chi connectivity index (χ0v) is 10.7. The summed E-state index contributed by atoms with van der Waals surface area (Å²) in [4.78, 5) is 24.4. The second-order valence-electron chi connectivity index (χ2n) is 4.59. The third-order valence-electron chi connectivity index (χ3n) is 3.34. The van der Waals surface area contributed by atoms with E-state index in [0.717, 1.165) is 11.3 Å². The maximum absolute atomic E-state index is 11.8. The average molecular weight is 263 g/mol. The zero-order valence-electron chi connectivity index (χ0n) is 10.7. The highest BCUT2D eigenvalue weighted by molar-refractivity contribution is 5.97. The van der Waals surface area contributed by atoms with E-state index in [4.69, 9.17) is 5.73 Å². The lowest BCUT2D eigenvalue weighted by Gasteiger charge is -2.37. The van der Waals surface area contributed by atoms with Gasteiger partial charge in [0.05, 0.1) is 6.10 Å². The molecule has 6 nitrogen and oxygen atoms in total. The van der Waals surface area contributed by atoms with Crippen LogP contribution in [0.15, 0.2) is 24.3 Å². The number of aliphatic hydroxyl groups is 1. The summed E-state index contributed by atoms with van der Waals surface area (Å²) in [6.45, 7) is 2.25. The Hall–Kier alpha value is -2.08. The zero-order chi connectivity index (χ0) is 14.0. The second kappa shape index (κ2) is 5.27. The molecule has 0 saturated carbocycles. The van der Waals surface area contributed by atoms with Crippen molar-refractivity contribution < 1.29 is 14.7 Å². The van der Waals surface area contributed by atoms with Crippen molar-refractivity contribution in [3.63, 3.8) is 0 Å². The molecule has 2 atom stereocenters. The van der Waals surface area contributed by atoms with Crippen LogP contribution >= 0.6 is 0 Å². The van der Waals surface area contributed by atoms with Gasteiger partial charge >= 0.3 is 6.03 Å². The number of primary amides is 1. The highest BCUT2D eigenvalue weighted by Gasteiger charge is 2.29. The maximum Gasteiger partial charge on any atom is 0.318 e. The van der Waals surface area contributed by atoms with E-state index in [0.29, 0.717) is 13.0 Å². The fraction of sp³-hybridized carbons (Fsp3) is 0.385. The monoisotopic (exact) mass is 263 g/mol. The highest BCUT2D eigenvalue weighted by Crippen LogP contribution is 2.34. The summed E-state index contributed by atoms with van der Waals surface area (Å²) in [5, 5.41) is 12.0. The molecule has 2 rings (SSSR count). The Morgan fingerprint density at radius 2 is 2.16 bits per heavy atom. The highest BCUT2D eigenvalue weighted by atomic mass is 16.3. The Bertz CT molecular complexity index is 504. The van der Waals surface area contributed by atoms with Crippen LogP contribution in [-0.4, -0.2) is 29.6 Å². The van der Waals surface area contributed by atoms with Crippen molar-refractivity contribution >= 4 is 17.6 Å². The number of carbonyl (C=O) groups is 2. The molecule has 2 unspecified atom stereocenters. The fourth-order valence-electron chi connectivity index (χ4n) is 2.34. The molecule has 3 amide bonds. The lowest BCUT2D eigenvalue weighted by atomic mass is 9.97. The first kappa shape index (κ1) is 13.4. The molecule has 6 heteroatoms. The standard InChI is InChI=1S/C13H17N3O3/c1-8(12(18)15-13(14)19)16-7-6-11(17)9-4-2-3-5-10(9)16/h2-5,8,11,17H,6-7H2,1H3,(H3,14,15,18,19). The first-order valence-electron chi connectivity index (χ1n) is 6.14. The van der Waals surface area contributed by atoms with Crippen LogP contribution in [-0.2, 0) is 4.79 Å². The first-order chi connectivity index (χ1) is 9.00. The number of imide groups is 1. The third-order valence-corrected chi connectivity index (χ3v) is 3.34. The molecule has 1 heterocycles. The quantitative estimate of drug-likeness (QED) is 0.724. The number of hydrogen-bond acceptors (Lipinski definition) is 4. The lowest BCUT2D eigenvalue weighted by Crippen LogP contribution is -2.50. The Labute approximate surface area is 111 Å². The number of rotatable bonds is 2. The molecule has 0 bridgehead atoms. The van der Waals surface area contributed by atoms with Gasteiger partial charge < -0.3 is 15.7 Å². The molecule has 19 heavy (non-hydrogen) atoms. The average Bonchev–Trinajstić information content (AvgIpc) is 2.38. The van der Waals surface area contributed by atoms with E-state index in [1.165, 1.54) is 0 Å². The van der Waals surface area contributed by atoms with Crippen molar-refractivity contribution in [3.8, 4) is 0 Å². The Balaban J connectivity index is 2.24. The van der Waals surface area contributed by atoms with Gasteiger partial charge in [-0.15, -0.1) is 0 Å². The molecule has 0 spiro atoms. The van der Waals surface area contributed by atoms with Crippen LogP contribution in [0.25, 0.3) is 0 Å². The van der Waals surface area contributed by atoms with Gasteiger partial charge in [-0.1, -0.05) is 18.2 Å². The fourth-order valence-corrected chi connectivity index (χ4v) is 2.34. The van der Waals surface area contributed by atoms with Gasteiger partial charge in [-0.2, -0.15) is 0 Å². The number of anilines is 1. The normalized spacial score (nSPS) is 19.5. The van der Waals surface area contributed by atoms with Crippen LogP contribution in [0.3, 0.4) is 0 Å². The predicted octanol–water partition coefficient (Wildman–Crippen LogP) is 0.513. The van der Waals surface area contributed by atoms with E-state index < -0.39 is 24.1 Å². The van der Waals surface area contributed by atoms with Gasteiger partial charge in [0.15, 0.2) is 0 Å². The minimum absolute atomic E-state index is 0.446. The number of aliphatic hydroxyl groups excluding tert-OH is 1. The maximum atomic E-state index is 11.8. The van der Waals surface area contributed by atoms with Crippen LogP contribution in [0.4, 0.5) is 10.5 Å². The van der Waals surface area contributed by atoms with E-state index in [2.05, 4.69) is 5.32 Å². The number of amides is 3. The summed E-state index contributed by atoms with van der Waals surface area (Å²) < 4.78 is 0. The number of nitrogens with two attached hydrogens (primary N) is 1. The van der Waals surface area contributed by atoms with E-state index in [1.807, 2.05) is 29.2 Å². The number of urea groups is 1. The number of benzene rings is 1. The predicted molar refractivity (Wildman–Crippen MR) is 70.6 cm³/mol. The molecule has 1 aromatic rings. The smallest absolute Gasteiger partial charge is 0.318 e. The van der Waals surface area contributed by atoms with Gasteiger partial charge in [-0.05, 0) is 19.4 Å². The molecule has 1 aromatic carbocycles. The van der Waals surface area contributed by atoms with Crippen molar-refractivity contribution in [2.45, 2.75) is 25.5 Å². The molecule has 1 aliphatic heterocycles. The van der Waals surface area contributed by atoms with Crippen LogP contribution in [0, 0.1) is 0 Å². The van der Waals surface area contributed by atoms with Crippen LogP contribution in [0.2, 0.25) is 0 Å². The summed E-state index contributed by atoms with van der Waals surface area (Å²) in [6.07, 6.45) is 0.0319. The molecular formula is C13H17N3O3.